The van der Waals surface area contributed by atoms with Crippen molar-refractivity contribution >= 4 is 11.9 Å². The van der Waals surface area contributed by atoms with E-state index in [4.69, 9.17) is 5.11 Å². The van der Waals surface area contributed by atoms with E-state index < -0.39 is 23.1 Å². The van der Waals surface area contributed by atoms with Gasteiger partial charge in [-0.3, -0.25) is 4.79 Å². The highest BCUT2D eigenvalue weighted by atomic mass is 16.4. The fourth-order valence-corrected chi connectivity index (χ4v) is 2.35. The molecule has 0 aromatic carbocycles. The Labute approximate surface area is 102 Å². The molecule has 1 aliphatic rings. The van der Waals surface area contributed by atoms with Crippen molar-refractivity contribution in [3.05, 3.63) is 33.2 Å². The fraction of sp³-hybridized carbons (Fsp3) is 0.417. The van der Waals surface area contributed by atoms with Crippen LogP contribution in [0, 0.1) is 0 Å². The Morgan fingerprint density at radius 2 is 1.83 bits per heavy atom. The minimum atomic E-state index is -1.38. The SMILES string of the molecule is O=C(O)c1cc(=O)n2c(c1C(=O)O)CCCCC2. The van der Waals surface area contributed by atoms with Crippen LogP contribution in [0.3, 0.4) is 0 Å². The number of hydrogen-bond donors (Lipinski definition) is 2. The second-order valence-electron chi connectivity index (χ2n) is 4.29. The largest absolute Gasteiger partial charge is 0.478 e. The Morgan fingerprint density at radius 3 is 2.44 bits per heavy atom. The molecule has 1 aromatic rings. The molecule has 2 heterocycles. The second-order valence-corrected chi connectivity index (χ2v) is 4.29. The van der Waals surface area contributed by atoms with Gasteiger partial charge in [-0.2, -0.15) is 0 Å². The minimum Gasteiger partial charge on any atom is -0.478 e. The monoisotopic (exact) mass is 251 g/mol. The summed E-state index contributed by atoms with van der Waals surface area (Å²) >= 11 is 0. The van der Waals surface area contributed by atoms with Crippen LogP contribution in [0.4, 0.5) is 0 Å². The number of nitrogens with zero attached hydrogens (tertiary/aromatic N) is 1. The average Bonchev–Trinajstić information content (AvgIpc) is 2.53. The number of carbonyl (C=O) groups is 2. The lowest BCUT2D eigenvalue weighted by molar-refractivity contribution is 0.0649. The van der Waals surface area contributed by atoms with E-state index in [1.165, 1.54) is 4.57 Å². The van der Waals surface area contributed by atoms with Crippen LogP contribution in [-0.2, 0) is 13.0 Å². The van der Waals surface area contributed by atoms with Crippen molar-refractivity contribution in [2.45, 2.75) is 32.2 Å². The second kappa shape index (κ2) is 4.64. The number of pyridine rings is 1. The molecule has 0 aliphatic carbocycles. The molecule has 0 fully saturated rings. The van der Waals surface area contributed by atoms with Crippen LogP contribution in [0.15, 0.2) is 10.9 Å². The maximum atomic E-state index is 11.8. The number of aromatic nitrogens is 1. The molecular weight excluding hydrogens is 238 g/mol. The quantitative estimate of drug-likeness (QED) is 0.816. The summed E-state index contributed by atoms with van der Waals surface area (Å²) in [6, 6.07) is 0.903. The van der Waals surface area contributed by atoms with Crippen LogP contribution < -0.4 is 5.56 Å². The van der Waals surface area contributed by atoms with Gasteiger partial charge >= 0.3 is 11.9 Å². The van der Waals surface area contributed by atoms with E-state index in [0.717, 1.165) is 25.3 Å². The third-order valence-electron chi connectivity index (χ3n) is 3.16. The summed E-state index contributed by atoms with van der Waals surface area (Å²) in [5.74, 6) is -2.67. The summed E-state index contributed by atoms with van der Waals surface area (Å²) in [5.41, 5.74) is -0.760. The number of rotatable bonds is 2. The van der Waals surface area contributed by atoms with Crippen molar-refractivity contribution in [1.29, 1.82) is 0 Å². The van der Waals surface area contributed by atoms with Crippen molar-refractivity contribution in [3.8, 4) is 0 Å². The van der Waals surface area contributed by atoms with Crippen LogP contribution in [0.2, 0.25) is 0 Å². The first-order chi connectivity index (χ1) is 8.52. The molecule has 0 saturated carbocycles. The summed E-state index contributed by atoms with van der Waals surface area (Å²) in [4.78, 5) is 34.1. The van der Waals surface area contributed by atoms with E-state index in [1.807, 2.05) is 0 Å². The van der Waals surface area contributed by atoms with Crippen molar-refractivity contribution in [2.75, 3.05) is 0 Å². The van der Waals surface area contributed by atoms with Gasteiger partial charge in [0.2, 0.25) is 0 Å². The molecule has 0 bridgehead atoms. The predicted molar refractivity (Wildman–Crippen MR) is 62.2 cm³/mol. The Hall–Kier alpha value is -2.11. The van der Waals surface area contributed by atoms with E-state index in [2.05, 4.69) is 0 Å². The van der Waals surface area contributed by atoms with E-state index >= 15 is 0 Å². The molecule has 96 valence electrons. The van der Waals surface area contributed by atoms with Crippen LogP contribution in [0.5, 0.6) is 0 Å². The van der Waals surface area contributed by atoms with Gasteiger partial charge in [0.25, 0.3) is 5.56 Å². The Kier molecular flexibility index (Phi) is 3.18. The van der Waals surface area contributed by atoms with Gasteiger partial charge in [0, 0.05) is 18.3 Å². The predicted octanol–water partition coefficient (Wildman–Crippen LogP) is 0.971. The molecule has 1 aromatic heterocycles. The van der Waals surface area contributed by atoms with Crippen LogP contribution in [-0.4, -0.2) is 26.7 Å². The van der Waals surface area contributed by atoms with Crippen molar-refractivity contribution in [3.63, 3.8) is 0 Å². The standard InChI is InChI=1S/C12H13NO5/c14-9-6-7(11(15)16)10(12(17)18)8-4-2-1-3-5-13(8)9/h6H,1-5H2,(H,15,16)(H,17,18). The van der Waals surface area contributed by atoms with E-state index in [-0.39, 0.29) is 5.56 Å². The van der Waals surface area contributed by atoms with Crippen LogP contribution in [0.25, 0.3) is 0 Å². The molecule has 2 N–H and O–H groups in total. The lowest BCUT2D eigenvalue weighted by Crippen LogP contribution is -2.28. The van der Waals surface area contributed by atoms with Gasteiger partial charge in [0.15, 0.2) is 0 Å². The van der Waals surface area contributed by atoms with Gasteiger partial charge in [0.05, 0.1) is 11.1 Å². The smallest absolute Gasteiger partial charge is 0.338 e. The first-order valence-corrected chi connectivity index (χ1v) is 5.75. The van der Waals surface area contributed by atoms with E-state index in [9.17, 15) is 19.5 Å². The maximum absolute atomic E-state index is 11.8. The summed E-state index contributed by atoms with van der Waals surface area (Å²) in [6.07, 6.45) is 2.90. The lowest BCUT2D eigenvalue weighted by Gasteiger charge is -2.13. The zero-order valence-corrected chi connectivity index (χ0v) is 9.68. The van der Waals surface area contributed by atoms with Gasteiger partial charge < -0.3 is 14.8 Å². The molecule has 6 nitrogen and oxygen atoms in total. The van der Waals surface area contributed by atoms with Crippen LogP contribution in [0.1, 0.15) is 45.7 Å². The summed E-state index contributed by atoms with van der Waals surface area (Å²) in [5, 5.41) is 18.2. The molecule has 0 spiro atoms. The molecule has 2 rings (SSSR count). The highest BCUT2D eigenvalue weighted by Gasteiger charge is 2.25. The van der Waals surface area contributed by atoms with Crippen molar-refractivity contribution in [1.82, 2.24) is 4.57 Å². The zero-order valence-electron chi connectivity index (χ0n) is 9.68. The number of aromatic carboxylic acids is 2. The molecule has 0 amide bonds. The first-order valence-electron chi connectivity index (χ1n) is 5.75. The highest BCUT2D eigenvalue weighted by Crippen LogP contribution is 2.19. The van der Waals surface area contributed by atoms with Gasteiger partial charge in [0.1, 0.15) is 0 Å². The summed E-state index contributed by atoms with van der Waals surface area (Å²) in [6.45, 7) is 0.453. The van der Waals surface area contributed by atoms with Gasteiger partial charge in [-0.25, -0.2) is 9.59 Å². The molecule has 0 unspecified atom stereocenters. The number of hydrogen-bond acceptors (Lipinski definition) is 3. The number of carboxylic acids is 2. The van der Waals surface area contributed by atoms with Crippen molar-refractivity contribution < 1.29 is 19.8 Å². The number of fused-ring (bicyclic) bond motifs is 1. The minimum absolute atomic E-state index is 0.246. The molecule has 0 saturated heterocycles. The molecule has 6 heteroatoms. The molecule has 18 heavy (non-hydrogen) atoms. The molecule has 0 atom stereocenters. The molecular formula is C12H13NO5. The van der Waals surface area contributed by atoms with Gasteiger partial charge in [-0.1, -0.05) is 6.42 Å². The average molecular weight is 251 g/mol. The first kappa shape index (κ1) is 12.3. The fourth-order valence-electron chi connectivity index (χ4n) is 2.35. The third kappa shape index (κ3) is 2.01. The molecule has 0 radical (unpaired) electrons. The summed E-state index contributed by atoms with van der Waals surface area (Å²) in [7, 11) is 0. The topological polar surface area (TPSA) is 96.6 Å². The number of carboxylic acid groups (broad SMARTS) is 2. The van der Waals surface area contributed by atoms with E-state index in [0.29, 0.717) is 18.7 Å². The lowest BCUT2D eigenvalue weighted by atomic mass is 10.0. The van der Waals surface area contributed by atoms with Crippen LogP contribution >= 0.6 is 0 Å². The van der Waals surface area contributed by atoms with Crippen molar-refractivity contribution in [2.24, 2.45) is 0 Å². The maximum Gasteiger partial charge on any atom is 0.338 e. The summed E-state index contributed by atoms with van der Waals surface area (Å²) < 4.78 is 1.39. The van der Waals surface area contributed by atoms with Gasteiger partial charge in [-0.15, -0.1) is 0 Å². The highest BCUT2D eigenvalue weighted by molar-refractivity contribution is 6.02. The van der Waals surface area contributed by atoms with Gasteiger partial charge in [-0.05, 0) is 19.3 Å². The zero-order chi connectivity index (χ0) is 13.3. The normalized spacial score (nSPS) is 14.7. The third-order valence-corrected chi connectivity index (χ3v) is 3.16. The Balaban J connectivity index is 2.78. The Bertz CT molecular complexity index is 573. The molecule has 1 aliphatic heterocycles. The Morgan fingerprint density at radius 1 is 1.11 bits per heavy atom. The van der Waals surface area contributed by atoms with E-state index in [1.54, 1.807) is 0 Å².